The van der Waals surface area contributed by atoms with Crippen LogP contribution in [-0.4, -0.2) is 32.3 Å². The van der Waals surface area contributed by atoms with Crippen molar-refractivity contribution in [3.63, 3.8) is 0 Å². The molecule has 1 N–H and O–H groups in total. The maximum absolute atomic E-state index is 12.8. The second-order valence-electron chi connectivity index (χ2n) is 6.41. The van der Waals surface area contributed by atoms with E-state index in [1.807, 2.05) is 13.8 Å². The van der Waals surface area contributed by atoms with Gasteiger partial charge in [0.15, 0.2) is 0 Å². The first-order chi connectivity index (χ1) is 13.4. The lowest BCUT2D eigenvalue weighted by atomic mass is 10.1. The Hall–Kier alpha value is -3.81. The normalized spacial score (nSPS) is 13.1. The quantitative estimate of drug-likeness (QED) is 0.701. The topological polar surface area (TPSA) is 101 Å². The van der Waals surface area contributed by atoms with E-state index in [9.17, 15) is 19.2 Å². The average molecular weight is 376 g/mol. The molecule has 3 heterocycles. The van der Waals surface area contributed by atoms with E-state index in [1.54, 1.807) is 28.8 Å². The van der Waals surface area contributed by atoms with Crippen molar-refractivity contribution in [2.24, 2.45) is 0 Å². The van der Waals surface area contributed by atoms with E-state index in [0.29, 0.717) is 22.6 Å². The number of hydrazine groups is 1. The van der Waals surface area contributed by atoms with Crippen LogP contribution in [0.4, 0.5) is 0 Å². The number of fused-ring (bicyclic) bond motifs is 2. The van der Waals surface area contributed by atoms with E-state index in [2.05, 4.69) is 10.4 Å². The highest BCUT2D eigenvalue weighted by Crippen LogP contribution is 2.21. The predicted octanol–water partition coefficient (Wildman–Crippen LogP) is 1.67. The van der Waals surface area contributed by atoms with Crippen molar-refractivity contribution < 1.29 is 14.4 Å². The van der Waals surface area contributed by atoms with Crippen molar-refractivity contribution >= 4 is 28.8 Å². The maximum atomic E-state index is 12.8. The van der Waals surface area contributed by atoms with Gasteiger partial charge in [0.25, 0.3) is 17.7 Å². The molecular formula is C20H16N4O4. The number of carbonyl (C=O) groups excluding carboxylic acids is 3. The third-order valence-corrected chi connectivity index (χ3v) is 4.65. The molecule has 8 heteroatoms. The molecule has 0 atom stereocenters. The molecule has 0 radical (unpaired) electrons. The van der Waals surface area contributed by atoms with Gasteiger partial charge in [0.2, 0.25) is 5.43 Å². The van der Waals surface area contributed by atoms with Gasteiger partial charge < -0.3 is 4.57 Å². The molecule has 0 aliphatic carbocycles. The van der Waals surface area contributed by atoms with Crippen LogP contribution in [0, 0.1) is 6.92 Å². The monoisotopic (exact) mass is 376 g/mol. The number of aryl methyl sites for hydroxylation is 2. The average Bonchev–Trinajstić information content (AvgIpc) is 2.93. The summed E-state index contributed by atoms with van der Waals surface area (Å²) in [4.78, 5) is 54.8. The number of pyridine rings is 2. The Morgan fingerprint density at radius 2 is 1.68 bits per heavy atom. The molecule has 1 aliphatic rings. The van der Waals surface area contributed by atoms with Crippen LogP contribution in [0.15, 0.2) is 47.4 Å². The van der Waals surface area contributed by atoms with Crippen molar-refractivity contribution in [3.8, 4) is 0 Å². The van der Waals surface area contributed by atoms with Crippen molar-refractivity contribution in [1.82, 2.24) is 20.0 Å². The van der Waals surface area contributed by atoms with Crippen LogP contribution < -0.4 is 10.9 Å². The minimum Gasteiger partial charge on any atom is -0.332 e. The highest BCUT2D eigenvalue weighted by molar-refractivity contribution is 6.22. The fourth-order valence-electron chi connectivity index (χ4n) is 3.22. The summed E-state index contributed by atoms with van der Waals surface area (Å²) >= 11 is 0. The van der Waals surface area contributed by atoms with Gasteiger partial charge in [-0.25, -0.2) is 4.98 Å². The van der Waals surface area contributed by atoms with Gasteiger partial charge in [-0.2, -0.15) is 5.01 Å². The van der Waals surface area contributed by atoms with Crippen LogP contribution in [0.2, 0.25) is 0 Å². The third-order valence-electron chi connectivity index (χ3n) is 4.65. The number of hydrogen-bond donors (Lipinski definition) is 1. The predicted molar refractivity (Wildman–Crippen MR) is 101 cm³/mol. The number of nitrogens with one attached hydrogen (secondary N) is 1. The molecule has 0 saturated heterocycles. The summed E-state index contributed by atoms with van der Waals surface area (Å²) in [6.45, 7) is 4.16. The fraction of sp³-hybridized carbons (Fsp3) is 0.150. The molecule has 0 bridgehead atoms. The molecule has 0 unspecified atom stereocenters. The van der Waals surface area contributed by atoms with Crippen LogP contribution in [-0.2, 0) is 6.54 Å². The summed E-state index contributed by atoms with van der Waals surface area (Å²) in [5.41, 5.74) is 3.22. The number of benzene rings is 1. The second kappa shape index (κ2) is 6.41. The first kappa shape index (κ1) is 17.6. The lowest BCUT2D eigenvalue weighted by Gasteiger charge is -2.16. The van der Waals surface area contributed by atoms with E-state index in [0.717, 1.165) is 5.69 Å². The highest BCUT2D eigenvalue weighted by Gasteiger charge is 2.37. The number of amides is 3. The van der Waals surface area contributed by atoms with E-state index in [-0.39, 0.29) is 16.7 Å². The van der Waals surface area contributed by atoms with E-state index < -0.39 is 23.2 Å². The molecule has 0 fully saturated rings. The number of nitrogens with zero attached hydrogens (tertiary/aromatic N) is 3. The SMILES string of the molecule is CCn1cc(C(=O)NN2C(=O)c3ccccc3C2=O)c(=O)c2ccc(C)nc21. The molecule has 3 amide bonds. The van der Waals surface area contributed by atoms with Crippen molar-refractivity contribution in [2.75, 3.05) is 0 Å². The molecule has 0 saturated carbocycles. The Balaban J connectivity index is 1.74. The zero-order chi connectivity index (χ0) is 20.0. The zero-order valence-electron chi connectivity index (χ0n) is 15.2. The van der Waals surface area contributed by atoms with Gasteiger partial charge in [0.05, 0.1) is 16.5 Å². The summed E-state index contributed by atoms with van der Waals surface area (Å²) in [7, 11) is 0. The van der Waals surface area contributed by atoms with Crippen molar-refractivity contribution in [2.45, 2.75) is 20.4 Å². The fourth-order valence-corrected chi connectivity index (χ4v) is 3.22. The summed E-state index contributed by atoms with van der Waals surface area (Å²) in [6.07, 6.45) is 1.39. The first-order valence-corrected chi connectivity index (χ1v) is 8.72. The van der Waals surface area contributed by atoms with Gasteiger partial charge >= 0.3 is 0 Å². The third kappa shape index (κ3) is 2.58. The summed E-state index contributed by atoms with van der Waals surface area (Å²) in [6, 6.07) is 9.59. The second-order valence-corrected chi connectivity index (χ2v) is 6.41. The molecule has 1 aromatic carbocycles. The molecule has 8 nitrogen and oxygen atoms in total. The molecule has 1 aliphatic heterocycles. The lowest BCUT2D eigenvalue weighted by Crippen LogP contribution is -2.47. The number of rotatable bonds is 3. The molecule has 2 aromatic heterocycles. The summed E-state index contributed by atoms with van der Waals surface area (Å²) in [5, 5.41) is 0.933. The lowest BCUT2D eigenvalue weighted by molar-refractivity contribution is 0.0517. The number of imide groups is 1. The van der Waals surface area contributed by atoms with Crippen LogP contribution in [0.25, 0.3) is 11.0 Å². The smallest absolute Gasteiger partial charge is 0.280 e. The minimum atomic E-state index is -0.829. The largest absolute Gasteiger partial charge is 0.332 e. The van der Waals surface area contributed by atoms with E-state index in [1.165, 1.54) is 18.3 Å². The van der Waals surface area contributed by atoms with Gasteiger partial charge in [-0.05, 0) is 38.1 Å². The van der Waals surface area contributed by atoms with E-state index >= 15 is 0 Å². The molecule has 28 heavy (non-hydrogen) atoms. The van der Waals surface area contributed by atoms with Crippen LogP contribution in [0.5, 0.6) is 0 Å². The molecule has 4 rings (SSSR count). The molecule has 0 spiro atoms. The Morgan fingerprint density at radius 1 is 1.04 bits per heavy atom. The van der Waals surface area contributed by atoms with Crippen LogP contribution >= 0.6 is 0 Å². The minimum absolute atomic E-state index is 0.170. The number of aromatic nitrogens is 2. The van der Waals surface area contributed by atoms with Crippen molar-refractivity contribution in [1.29, 1.82) is 0 Å². The Bertz CT molecular complexity index is 1190. The molecule has 140 valence electrons. The maximum Gasteiger partial charge on any atom is 0.280 e. The van der Waals surface area contributed by atoms with Gasteiger partial charge in [0, 0.05) is 18.4 Å². The first-order valence-electron chi connectivity index (χ1n) is 8.72. The zero-order valence-corrected chi connectivity index (χ0v) is 15.2. The Morgan fingerprint density at radius 3 is 2.29 bits per heavy atom. The standard InChI is InChI=1S/C20H16N4O4/c1-3-23-10-15(16(25)14-9-8-11(2)21-17(14)23)18(26)22-24-19(27)12-6-4-5-7-13(12)20(24)28/h4-10H,3H2,1-2H3,(H,22,26). The van der Waals surface area contributed by atoms with Crippen molar-refractivity contribution in [3.05, 3.63) is 75.2 Å². The van der Waals surface area contributed by atoms with Gasteiger partial charge in [-0.15, -0.1) is 0 Å². The van der Waals surface area contributed by atoms with Crippen LogP contribution in [0.3, 0.4) is 0 Å². The van der Waals surface area contributed by atoms with Gasteiger partial charge in [-0.1, -0.05) is 12.1 Å². The molecular weight excluding hydrogens is 360 g/mol. The Kier molecular flexibility index (Phi) is 4.03. The number of carbonyl (C=O) groups is 3. The summed E-state index contributed by atoms with van der Waals surface area (Å²) in [5.74, 6) is -2.10. The van der Waals surface area contributed by atoms with Crippen LogP contribution in [0.1, 0.15) is 43.7 Å². The molecule has 3 aromatic rings. The van der Waals surface area contributed by atoms with Gasteiger partial charge in [-0.3, -0.25) is 24.6 Å². The number of hydrogen-bond acceptors (Lipinski definition) is 5. The highest BCUT2D eigenvalue weighted by atomic mass is 16.2. The Labute approximate surface area is 159 Å². The summed E-state index contributed by atoms with van der Waals surface area (Å²) < 4.78 is 1.68. The van der Waals surface area contributed by atoms with E-state index in [4.69, 9.17) is 0 Å². The van der Waals surface area contributed by atoms with Gasteiger partial charge in [0.1, 0.15) is 11.2 Å².